The van der Waals surface area contributed by atoms with E-state index in [-0.39, 0.29) is 18.6 Å². The van der Waals surface area contributed by atoms with E-state index in [0.717, 1.165) is 28.2 Å². The maximum absolute atomic E-state index is 12.6. The molecule has 0 spiro atoms. The number of carbonyl (C=O) groups is 3. The molecule has 0 saturated heterocycles. The number of para-hydroxylation sites is 1. The second-order valence-corrected chi connectivity index (χ2v) is 7.70. The highest BCUT2D eigenvalue weighted by Gasteiger charge is 2.18. The summed E-state index contributed by atoms with van der Waals surface area (Å²) in [4.78, 5) is 37.2. The smallest absolute Gasteiger partial charge is 0.271 e. The van der Waals surface area contributed by atoms with Crippen LogP contribution < -0.4 is 10.9 Å². The quantitative estimate of drug-likeness (QED) is 0.467. The van der Waals surface area contributed by atoms with E-state index in [2.05, 4.69) is 10.9 Å². The fourth-order valence-corrected chi connectivity index (χ4v) is 3.62. The predicted molar refractivity (Wildman–Crippen MR) is 120 cm³/mol. The zero-order valence-electron chi connectivity index (χ0n) is 18.3. The first-order valence-corrected chi connectivity index (χ1v) is 10.2. The number of hydrogen-bond acceptors (Lipinski definition) is 3. The Bertz CT molecular complexity index is 1130. The molecule has 1 heterocycles. The van der Waals surface area contributed by atoms with Gasteiger partial charge in [-0.25, -0.2) is 0 Å². The van der Waals surface area contributed by atoms with Crippen molar-refractivity contribution in [2.45, 2.75) is 40.5 Å². The predicted octanol–water partition coefficient (Wildman–Crippen LogP) is 4.14. The van der Waals surface area contributed by atoms with Crippen LogP contribution in [0.25, 0.3) is 5.69 Å². The number of aryl methyl sites for hydroxylation is 3. The Morgan fingerprint density at radius 2 is 1.52 bits per heavy atom. The number of hydrazine groups is 1. The topological polar surface area (TPSA) is 80.2 Å². The van der Waals surface area contributed by atoms with E-state index in [9.17, 15) is 14.4 Å². The third-order valence-electron chi connectivity index (χ3n) is 5.28. The molecule has 2 amide bonds. The van der Waals surface area contributed by atoms with Gasteiger partial charge in [0.15, 0.2) is 5.78 Å². The van der Waals surface area contributed by atoms with E-state index in [0.29, 0.717) is 11.1 Å². The normalized spacial score (nSPS) is 10.6. The molecule has 0 aliphatic rings. The van der Waals surface area contributed by atoms with E-state index in [1.54, 1.807) is 6.07 Å². The number of amides is 2. The molecule has 0 saturated carbocycles. The first-order valence-electron chi connectivity index (χ1n) is 10.2. The number of rotatable bonds is 6. The minimum atomic E-state index is -0.413. The average molecular weight is 418 g/mol. The number of benzene rings is 2. The second kappa shape index (κ2) is 9.43. The Balaban J connectivity index is 1.58. The molecule has 0 radical (unpaired) electrons. The van der Waals surface area contributed by atoms with Gasteiger partial charge in [0, 0.05) is 35.5 Å². The number of Topliss-reactive ketones (excluding diaryl/α,β-unsaturated/α-hetero) is 1. The molecule has 0 bridgehead atoms. The van der Waals surface area contributed by atoms with Crippen LogP contribution in [0.1, 0.15) is 56.1 Å². The van der Waals surface area contributed by atoms with E-state index >= 15 is 0 Å². The summed E-state index contributed by atoms with van der Waals surface area (Å²) < 4.78 is 1.99. The number of nitrogens with zero attached hydrogens (tertiary/aromatic N) is 1. The standard InChI is InChI=1S/C25H27N3O3/c1-16-10-11-17(2)21(14-16)23(29)12-13-24(30)26-27-25(31)22-15-18(3)28(19(22)4)20-8-6-5-7-9-20/h5-11,14-15H,12-13H2,1-4H3,(H,26,30)(H,27,31). The van der Waals surface area contributed by atoms with Gasteiger partial charge in [0.1, 0.15) is 0 Å². The molecule has 3 aromatic rings. The lowest BCUT2D eigenvalue weighted by atomic mass is 9.99. The van der Waals surface area contributed by atoms with Crippen LogP contribution in [0.2, 0.25) is 0 Å². The van der Waals surface area contributed by atoms with Crippen LogP contribution in [0.3, 0.4) is 0 Å². The van der Waals surface area contributed by atoms with Gasteiger partial charge >= 0.3 is 0 Å². The van der Waals surface area contributed by atoms with Gasteiger partial charge in [0.2, 0.25) is 5.91 Å². The van der Waals surface area contributed by atoms with E-state index in [1.807, 2.05) is 80.8 Å². The highest BCUT2D eigenvalue weighted by molar-refractivity contribution is 6.00. The Hall–Kier alpha value is -3.67. The summed E-state index contributed by atoms with van der Waals surface area (Å²) in [6, 6.07) is 17.2. The zero-order chi connectivity index (χ0) is 22.5. The fourth-order valence-electron chi connectivity index (χ4n) is 3.62. The van der Waals surface area contributed by atoms with Gasteiger partial charge in [-0.2, -0.15) is 0 Å². The van der Waals surface area contributed by atoms with Gasteiger partial charge in [0.05, 0.1) is 5.56 Å². The molecule has 2 aromatic carbocycles. The molecule has 0 fully saturated rings. The van der Waals surface area contributed by atoms with Crippen molar-refractivity contribution in [2.24, 2.45) is 0 Å². The lowest BCUT2D eigenvalue weighted by Crippen LogP contribution is -2.41. The van der Waals surface area contributed by atoms with Crippen molar-refractivity contribution in [3.05, 3.63) is 88.2 Å². The minimum Gasteiger partial charge on any atom is -0.318 e. The SMILES string of the molecule is Cc1ccc(C)c(C(=O)CCC(=O)NNC(=O)c2cc(C)n(-c3ccccc3)c2C)c1. The average Bonchev–Trinajstić information content (AvgIpc) is 3.06. The Kier molecular flexibility index (Phi) is 6.70. The van der Waals surface area contributed by atoms with Crippen molar-refractivity contribution in [3.8, 4) is 5.69 Å². The lowest BCUT2D eigenvalue weighted by Gasteiger charge is -2.10. The molecule has 3 rings (SSSR count). The molecule has 0 unspecified atom stereocenters. The monoisotopic (exact) mass is 417 g/mol. The summed E-state index contributed by atoms with van der Waals surface area (Å²) in [5.74, 6) is -0.901. The van der Waals surface area contributed by atoms with Gasteiger partial charge in [0.25, 0.3) is 5.91 Å². The van der Waals surface area contributed by atoms with Crippen LogP contribution in [-0.4, -0.2) is 22.2 Å². The highest BCUT2D eigenvalue weighted by atomic mass is 16.2. The third kappa shape index (κ3) is 5.09. The largest absolute Gasteiger partial charge is 0.318 e. The van der Waals surface area contributed by atoms with Crippen LogP contribution >= 0.6 is 0 Å². The number of nitrogens with one attached hydrogen (secondary N) is 2. The first kappa shape index (κ1) is 22.0. The lowest BCUT2D eigenvalue weighted by molar-refractivity contribution is -0.121. The zero-order valence-corrected chi connectivity index (χ0v) is 18.3. The summed E-state index contributed by atoms with van der Waals surface area (Å²) in [7, 11) is 0. The maximum Gasteiger partial charge on any atom is 0.271 e. The molecule has 160 valence electrons. The van der Waals surface area contributed by atoms with Crippen molar-refractivity contribution >= 4 is 17.6 Å². The highest BCUT2D eigenvalue weighted by Crippen LogP contribution is 2.20. The van der Waals surface area contributed by atoms with Crippen LogP contribution in [-0.2, 0) is 4.79 Å². The first-order chi connectivity index (χ1) is 14.8. The number of hydrogen-bond donors (Lipinski definition) is 2. The Morgan fingerprint density at radius 3 is 2.23 bits per heavy atom. The van der Waals surface area contributed by atoms with Crippen LogP contribution in [0.5, 0.6) is 0 Å². The van der Waals surface area contributed by atoms with Crippen LogP contribution in [0, 0.1) is 27.7 Å². The maximum atomic E-state index is 12.6. The molecular weight excluding hydrogens is 390 g/mol. The summed E-state index contributed by atoms with van der Waals surface area (Å²) in [6.07, 6.45) is 0.0735. The molecule has 0 aliphatic heterocycles. The Morgan fingerprint density at radius 1 is 0.806 bits per heavy atom. The van der Waals surface area contributed by atoms with Gasteiger partial charge in [-0.05, 0) is 57.5 Å². The molecule has 0 atom stereocenters. The Labute approximate surface area is 182 Å². The van der Waals surface area contributed by atoms with Crippen LogP contribution in [0.4, 0.5) is 0 Å². The third-order valence-corrected chi connectivity index (χ3v) is 5.28. The van der Waals surface area contributed by atoms with Crippen molar-refractivity contribution < 1.29 is 14.4 Å². The molecule has 6 heteroatoms. The summed E-state index contributed by atoms with van der Waals surface area (Å²) in [5.41, 5.74) is 10.5. The molecule has 6 nitrogen and oxygen atoms in total. The number of ketones is 1. The van der Waals surface area contributed by atoms with E-state index < -0.39 is 11.8 Å². The molecule has 1 aromatic heterocycles. The number of aromatic nitrogens is 1. The van der Waals surface area contributed by atoms with Gasteiger partial charge < -0.3 is 4.57 Å². The minimum absolute atomic E-state index is 0.00443. The van der Waals surface area contributed by atoms with E-state index in [1.165, 1.54) is 0 Å². The second-order valence-electron chi connectivity index (χ2n) is 7.70. The summed E-state index contributed by atoms with van der Waals surface area (Å²) >= 11 is 0. The molecule has 2 N–H and O–H groups in total. The van der Waals surface area contributed by atoms with Crippen molar-refractivity contribution in [3.63, 3.8) is 0 Å². The van der Waals surface area contributed by atoms with E-state index in [4.69, 9.17) is 0 Å². The summed E-state index contributed by atoms with van der Waals surface area (Å²) in [6.45, 7) is 7.58. The summed E-state index contributed by atoms with van der Waals surface area (Å²) in [5, 5.41) is 0. The molecule has 0 aliphatic carbocycles. The fraction of sp³-hybridized carbons (Fsp3) is 0.240. The number of carbonyl (C=O) groups excluding carboxylic acids is 3. The van der Waals surface area contributed by atoms with Gasteiger partial charge in [-0.3, -0.25) is 25.2 Å². The van der Waals surface area contributed by atoms with Crippen molar-refractivity contribution in [2.75, 3.05) is 0 Å². The van der Waals surface area contributed by atoms with Gasteiger partial charge in [-0.15, -0.1) is 0 Å². The molecular formula is C25H27N3O3. The molecule has 31 heavy (non-hydrogen) atoms. The van der Waals surface area contributed by atoms with Crippen molar-refractivity contribution in [1.82, 2.24) is 15.4 Å². The van der Waals surface area contributed by atoms with Crippen LogP contribution in [0.15, 0.2) is 54.6 Å². The van der Waals surface area contributed by atoms with Gasteiger partial charge in [-0.1, -0.05) is 35.9 Å². The van der Waals surface area contributed by atoms with Crippen molar-refractivity contribution in [1.29, 1.82) is 0 Å².